The van der Waals surface area contributed by atoms with Crippen molar-refractivity contribution in [1.29, 1.82) is 0 Å². The third kappa shape index (κ3) is 4.83. The van der Waals surface area contributed by atoms with E-state index in [0.29, 0.717) is 38.3 Å². The van der Waals surface area contributed by atoms with Crippen LogP contribution in [0, 0.1) is 13.8 Å². The molecule has 0 atom stereocenters. The summed E-state index contributed by atoms with van der Waals surface area (Å²) in [4.78, 5) is 33.7. The maximum Gasteiger partial charge on any atom is 0.274 e. The zero-order valence-electron chi connectivity index (χ0n) is 20.8. The van der Waals surface area contributed by atoms with Gasteiger partial charge in [0.2, 0.25) is 0 Å². The first-order valence-electron chi connectivity index (χ1n) is 11.2. The van der Waals surface area contributed by atoms with Crippen LogP contribution in [0.3, 0.4) is 0 Å². The second kappa shape index (κ2) is 9.13. The highest BCUT2D eigenvalue weighted by Gasteiger charge is 2.25. The molecule has 0 radical (unpaired) electrons. The van der Waals surface area contributed by atoms with Crippen molar-refractivity contribution in [1.82, 2.24) is 19.9 Å². The van der Waals surface area contributed by atoms with E-state index in [9.17, 15) is 14.2 Å². The van der Waals surface area contributed by atoms with Crippen molar-refractivity contribution < 1.29 is 14.1 Å². The van der Waals surface area contributed by atoms with Gasteiger partial charge in [0.15, 0.2) is 5.75 Å². The number of ether oxygens (including phenoxy) is 1. The van der Waals surface area contributed by atoms with E-state index in [0.717, 1.165) is 16.1 Å². The molecule has 4 heterocycles. The Hall–Kier alpha value is -3.16. The number of carbonyl (C=O) groups is 1. The van der Waals surface area contributed by atoms with Gasteiger partial charge in [-0.25, -0.2) is 0 Å². The van der Waals surface area contributed by atoms with Gasteiger partial charge in [0.25, 0.3) is 11.5 Å². The van der Waals surface area contributed by atoms with Crippen molar-refractivity contribution in [2.75, 3.05) is 13.3 Å². The molecule has 4 aromatic heterocycles. The molecule has 0 aliphatic heterocycles. The minimum atomic E-state index is -2.60. The fourth-order valence-electron chi connectivity index (χ4n) is 3.81. The van der Waals surface area contributed by atoms with Crippen molar-refractivity contribution in [3.63, 3.8) is 0 Å². The molecule has 0 saturated carbocycles. The van der Waals surface area contributed by atoms with Crippen LogP contribution < -0.4 is 20.2 Å². The number of aryl methyl sites for hydroxylation is 3. The summed E-state index contributed by atoms with van der Waals surface area (Å²) >= 11 is 1.37. The Balaban J connectivity index is 1.97. The molecule has 1 amide bonds. The number of rotatable bonds is 6. The number of aromatic amines is 1. The van der Waals surface area contributed by atoms with E-state index < -0.39 is 7.14 Å². The van der Waals surface area contributed by atoms with Gasteiger partial charge in [0.1, 0.15) is 24.1 Å². The zero-order valence-corrected chi connectivity index (χ0v) is 22.6. The number of thiophene rings is 1. The third-order valence-corrected chi connectivity index (χ3v) is 9.32. The second-order valence-corrected chi connectivity index (χ2v) is 13.9. The van der Waals surface area contributed by atoms with Crippen LogP contribution in [0.2, 0.25) is 0 Å². The van der Waals surface area contributed by atoms with Crippen molar-refractivity contribution in [3.8, 4) is 21.9 Å². The van der Waals surface area contributed by atoms with E-state index in [1.165, 1.54) is 15.9 Å². The standard InChI is InChI=1S/C25H29N4O4PS/c1-13(2)27-24(30)18-10-16-17(12-29(5)25(31)21(16)28-18)23-19(11-20(35-23)34(6,7)32)33-22-14(3)8-9-26-15(22)4/h8-13,28H,1-7H3,(H,27,30). The number of pyridine rings is 2. The Bertz CT molecular complexity index is 1540. The first-order valence-corrected chi connectivity index (χ1v) is 14.6. The topological polar surface area (TPSA) is 106 Å². The van der Waals surface area contributed by atoms with E-state index in [-0.39, 0.29) is 17.5 Å². The Labute approximate surface area is 207 Å². The zero-order chi connectivity index (χ0) is 25.7. The van der Waals surface area contributed by atoms with Gasteiger partial charge in [-0.05, 0) is 58.7 Å². The Morgan fingerprint density at radius 3 is 2.60 bits per heavy atom. The van der Waals surface area contributed by atoms with Gasteiger partial charge in [0.05, 0.1) is 15.2 Å². The van der Waals surface area contributed by atoms with E-state index >= 15 is 0 Å². The summed E-state index contributed by atoms with van der Waals surface area (Å²) in [6, 6.07) is 5.31. The van der Waals surface area contributed by atoms with Gasteiger partial charge in [-0.2, -0.15) is 0 Å². The van der Waals surface area contributed by atoms with Crippen molar-refractivity contribution in [2.24, 2.45) is 7.05 Å². The number of nitrogens with zero attached hydrogens (tertiary/aromatic N) is 2. The highest BCUT2D eigenvalue weighted by Crippen LogP contribution is 2.47. The number of aromatic nitrogens is 3. The highest BCUT2D eigenvalue weighted by atomic mass is 32.1. The maximum absolute atomic E-state index is 13.0. The quantitative estimate of drug-likeness (QED) is 0.362. The number of carbonyl (C=O) groups excluding carboxylic acids is 1. The molecule has 0 spiro atoms. The summed E-state index contributed by atoms with van der Waals surface area (Å²) in [7, 11) is -0.937. The molecule has 8 nitrogen and oxygen atoms in total. The van der Waals surface area contributed by atoms with Gasteiger partial charge >= 0.3 is 0 Å². The molecular formula is C25H29N4O4PS. The summed E-state index contributed by atoms with van der Waals surface area (Å²) in [6.45, 7) is 11.0. The lowest BCUT2D eigenvalue weighted by molar-refractivity contribution is 0.0939. The number of fused-ring (bicyclic) bond motifs is 1. The first-order chi connectivity index (χ1) is 16.4. The van der Waals surface area contributed by atoms with Crippen LogP contribution in [0.15, 0.2) is 35.4 Å². The number of amides is 1. The summed E-state index contributed by atoms with van der Waals surface area (Å²) in [5, 5.41) is 3.45. The molecule has 0 saturated heterocycles. The second-order valence-electron chi connectivity index (χ2n) is 9.33. The molecule has 2 N–H and O–H groups in total. The summed E-state index contributed by atoms with van der Waals surface area (Å²) in [6.07, 6.45) is 3.45. The van der Waals surface area contributed by atoms with E-state index in [4.69, 9.17) is 4.74 Å². The van der Waals surface area contributed by atoms with Gasteiger partial charge in [-0.15, -0.1) is 11.3 Å². The average Bonchev–Trinajstić information content (AvgIpc) is 3.38. The number of H-pyrrole nitrogens is 1. The molecule has 0 unspecified atom stereocenters. The SMILES string of the molecule is Cc1ccnc(C)c1Oc1cc(P(C)(C)=O)sc1-c1cn(C)c(=O)c2[nH]c(C(=O)NC(C)C)cc12. The predicted octanol–water partition coefficient (Wildman–Crippen LogP) is 4.79. The molecule has 184 valence electrons. The van der Waals surface area contributed by atoms with Crippen molar-refractivity contribution in [3.05, 3.63) is 57.9 Å². The fourth-order valence-corrected chi connectivity index (χ4v) is 6.24. The van der Waals surface area contributed by atoms with Crippen LogP contribution in [-0.4, -0.2) is 39.8 Å². The molecule has 0 bridgehead atoms. The lowest BCUT2D eigenvalue weighted by Gasteiger charge is -2.12. The smallest absolute Gasteiger partial charge is 0.274 e. The first kappa shape index (κ1) is 24.9. The van der Waals surface area contributed by atoms with Crippen LogP contribution >= 0.6 is 18.5 Å². The number of nitrogens with one attached hydrogen (secondary N) is 2. The fraction of sp³-hybridized carbons (Fsp3) is 0.320. The molecule has 10 heteroatoms. The van der Waals surface area contributed by atoms with Crippen LogP contribution in [0.1, 0.15) is 35.6 Å². The molecule has 35 heavy (non-hydrogen) atoms. The lowest BCUT2D eigenvalue weighted by Crippen LogP contribution is -2.30. The largest absolute Gasteiger partial charge is 0.454 e. The Morgan fingerprint density at radius 2 is 1.97 bits per heavy atom. The monoisotopic (exact) mass is 512 g/mol. The molecule has 0 aliphatic carbocycles. The predicted molar refractivity (Wildman–Crippen MR) is 142 cm³/mol. The van der Waals surface area contributed by atoms with E-state index in [1.54, 1.807) is 38.8 Å². The normalized spacial score (nSPS) is 11.9. The molecule has 0 fully saturated rings. The molecule has 0 aliphatic rings. The highest BCUT2D eigenvalue weighted by molar-refractivity contribution is 7.75. The van der Waals surface area contributed by atoms with Gasteiger partial charge in [-0.3, -0.25) is 14.6 Å². The summed E-state index contributed by atoms with van der Waals surface area (Å²) in [5.74, 6) is 0.871. The van der Waals surface area contributed by atoms with Gasteiger partial charge < -0.3 is 24.2 Å². The molecule has 4 rings (SSSR count). The van der Waals surface area contributed by atoms with Crippen LogP contribution in [0.25, 0.3) is 21.3 Å². The number of hydrogen-bond donors (Lipinski definition) is 2. The maximum atomic E-state index is 13.0. The van der Waals surface area contributed by atoms with Crippen molar-refractivity contribution in [2.45, 2.75) is 33.7 Å². The summed E-state index contributed by atoms with van der Waals surface area (Å²) in [5.41, 5.74) is 2.74. The lowest BCUT2D eigenvalue weighted by atomic mass is 10.1. The third-order valence-electron chi connectivity index (χ3n) is 5.58. The van der Waals surface area contributed by atoms with Crippen LogP contribution in [0.4, 0.5) is 0 Å². The van der Waals surface area contributed by atoms with Gasteiger partial charge in [-0.1, -0.05) is 0 Å². The molecular weight excluding hydrogens is 483 g/mol. The number of hydrogen-bond acceptors (Lipinski definition) is 6. The van der Waals surface area contributed by atoms with E-state index in [1.807, 2.05) is 39.8 Å². The molecule has 0 aromatic carbocycles. The van der Waals surface area contributed by atoms with Gasteiger partial charge in [0, 0.05) is 42.5 Å². The van der Waals surface area contributed by atoms with E-state index in [2.05, 4.69) is 15.3 Å². The average molecular weight is 513 g/mol. The van der Waals surface area contributed by atoms with Crippen LogP contribution in [0.5, 0.6) is 11.5 Å². The van der Waals surface area contributed by atoms with Crippen molar-refractivity contribution >= 4 is 39.9 Å². The molecule has 4 aromatic rings. The Kier molecular flexibility index (Phi) is 6.51. The minimum absolute atomic E-state index is 0.0507. The Morgan fingerprint density at radius 1 is 1.26 bits per heavy atom. The van der Waals surface area contributed by atoms with Crippen LogP contribution in [-0.2, 0) is 11.6 Å². The summed E-state index contributed by atoms with van der Waals surface area (Å²) < 4.78 is 21.6. The minimum Gasteiger partial charge on any atom is -0.454 e.